The van der Waals surface area contributed by atoms with Crippen LogP contribution in [0.5, 0.6) is 0 Å². The summed E-state index contributed by atoms with van der Waals surface area (Å²) in [5.74, 6) is 0.0116. The maximum atomic E-state index is 12.6. The molecule has 1 saturated heterocycles. The van der Waals surface area contributed by atoms with E-state index in [1.54, 1.807) is 12.4 Å². The van der Waals surface area contributed by atoms with E-state index in [1.165, 1.54) is 0 Å². The Balaban J connectivity index is 1.92. The first-order valence-corrected chi connectivity index (χ1v) is 7.30. The van der Waals surface area contributed by atoms with Gasteiger partial charge in [-0.3, -0.25) is 4.79 Å². The van der Waals surface area contributed by atoms with Crippen LogP contribution < -0.4 is 0 Å². The summed E-state index contributed by atoms with van der Waals surface area (Å²) in [4.78, 5) is 18.9. The van der Waals surface area contributed by atoms with E-state index in [4.69, 9.17) is 4.74 Å². The first-order chi connectivity index (χ1) is 10.1. The van der Waals surface area contributed by atoms with Crippen molar-refractivity contribution in [3.05, 3.63) is 24.0 Å². The van der Waals surface area contributed by atoms with Crippen LogP contribution in [-0.2, 0) is 4.74 Å². The number of carbonyl (C=O) groups excluding carboxylic acids is 1. The highest BCUT2D eigenvalue weighted by atomic mass is 16.5. The van der Waals surface area contributed by atoms with Gasteiger partial charge in [-0.1, -0.05) is 0 Å². The molecule has 1 fully saturated rings. The van der Waals surface area contributed by atoms with E-state index in [0.717, 1.165) is 11.0 Å². The number of amides is 1. The Morgan fingerprint density at radius 3 is 2.95 bits per heavy atom. The van der Waals surface area contributed by atoms with E-state index >= 15 is 0 Å². The molecular weight excluding hydrogens is 268 g/mol. The Morgan fingerprint density at radius 1 is 1.43 bits per heavy atom. The zero-order valence-corrected chi connectivity index (χ0v) is 12.6. The van der Waals surface area contributed by atoms with Gasteiger partial charge in [-0.2, -0.15) is 5.10 Å². The highest BCUT2D eigenvalue weighted by Crippen LogP contribution is 2.19. The van der Waals surface area contributed by atoms with E-state index in [2.05, 4.69) is 23.9 Å². The van der Waals surface area contributed by atoms with Gasteiger partial charge in [0, 0.05) is 24.2 Å². The molecule has 3 rings (SSSR count). The number of ether oxygens (including phenoxy) is 1. The number of morpholine rings is 1. The van der Waals surface area contributed by atoms with E-state index in [9.17, 15) is 4.79 Å². The number of aromatic nitrogens is 3. The number of fused-ring (bicyclic) bond motifs is 1. The highest BCUT2D eigenvalue weighted by Gasteiger charge is 2.25. The molecule has 0 saturated carbocycles. The molecule has 1 atom stereocenters. The van der Waals surface area contributed by atoms with Crippen molar-refractivity contribution in [3.63, 3.8) is 0 Å². The lowest BCUT2D eigenvalue weighted by molar-refractivity contribution is 0.00358. The summed E-state index contributed by atoms with van der Waals surface area (Å²) in [7, 11) is 0. The number of pyridine rings is 1. The van der Waals surface area contributed by atoms with Gasteiger partial charge in [0.2, 0.25) is 0 Å². The first-order valence-electron chi connectivity index (χ1n) is 7.30. The molecule has 2 aromatic heterocycles. The molecule has 1 aliphatic heterocycles. The normalized spacial score (nSPS) is 19.4. The van der Waals surface area contributed by atoms with Gasteiger partial charge in [-0.15, -0.1) is 0 Å². The first kappa shape index (κ1) is 14.0. The van der Waals surface area contributed by atoms with Gasteiger partial charge in [0.1, 0.15) is 0 Å². The molecule has 6 nitrogen and oxygen atoms in total. The number of hydrogen-bond acceptors (Lipinski definition) is 4. The maximum absolute atomic E-state index is 12.6. The van der Waals surface area contributed by atoms with Crippen LogP contribution in [0.2, 0.25) is 0 Å². The van der Waals surface area contributed by atoms with Crippen molar-refractivity contribution in [1.82, 2.24) is 19.7 Å². The lowest BCUT2D eigenvalue weighted by Gasteiger charge is -2.33. The summed E-state index contributed by atoms with van der Waals surface area (Å²) in [6, 6.07) is 2.22. The molecule has 1 aliphatic rings. The maximum Gasteiger partial charge on any atom is 0.255 e. The standard InChI is InChI=1S/C15H20N4O2/c1-10(2)19-14-12(8-17-19)6-13(7-16-14)15(20)18-4-5-21-9-11(18)3/h6-8,10-11H,4-5,9H2,1-3H3. The number of nitrogens with zero attached hydrogens (tertiary/aromatic N) is 4. The topological polar surface area (TPSA) is 60.2 Å². The molecule has 112 valence electrons. The summed E-state index contributed by atoms with van der Waals surface area (Å²) in [6.45, 7) is 7.93. The summed E-state index contributed by atoms with van der Waals surface area (Å²) < 4.78 is 7.24. The largest absolute Gasteiger partial charge is 0.377 e. The molecule has 21 heavy (non-hydrogen) atoms. The summed E-state index contributed by atoms with van der Waals surface area (Å²) in [5, 5.41) is 5.23. The van der Waals surface area contributed by atoms with Gasteiger partial charge < -0.3 is 9.64 Å². The van der Waals surface area contributed by atoms with Crippen molar-refractivity contribution in [2.75, 3.05) is 19.8 Å². The number of rotatable bonds is 2. The molecule has 0 radical (unpaired) electrons. The zero-order valence-electron chi connectivity index (χ0n) is 12.6. The molecule has 0 aliphatic carbocycles. The van der Waals surface area contributed by atoms with E-state index in [-0.39, 0.29) is 18.0 Å². The van der Waals surface area contributed by atoms with E-state index in [1.807, 2.05) is 22.6 Å². The third-order valence-electron chi connectivity index (χ3n) is 3.80. The molecule has 1 amide bonds. The van der Waals surface area contributed by atoms with Crippen molar-refractivity contribution >= 4 is 16.9 Å². The third kappa shape index (κ3) is 2.51. The molecular formula is C15H20N4O2. The number of hydrogen-bond donors (Lipinski definition) is 0. The van der Waals surface area contributed by atoms with Crippen molar-refractivity contribution in [1.29, 1.82) is 0 Å². The van der Waals surface area contributed by atoms with Crippen LogP contribution in [0.4, 0.5) is 0 Å². The van der Waals surface area contributed by atoms with Crippen LogP contribution in [0.15, 0.2) is 18.5 Å². The molecule has 2 aromatic rings. The monoisotopic (exact) mass is 288 g/mol. The van der Waals surface area contributed by atoms with E-state index in [0.29, 0.717) is 25.3 Å². The fourth-order valence-electron chi connectivity index (χ4n) is 2.63. The van der Waals surface area contributed by atoms with Crippen LogP contribution in [0, 0.1) is 0 Å². The Labute approximate surface area is 123 Å². The fraction of sp³-hybridized carbons (Fsp3) is 0.533. The molecule has 1 unspecified atom stereocenters. The second kappa shape index (κ2) is 5.44. The fourth-order valence-corrected chi connectivity index (χ4v) is 2.63. The molecule has 0 N–H and O–H groups in total. The van der Waals surface area contributed by atoms with Crippen molar-refractivity contribution in [2.45, 2.75) is 32.9 Å². The lowest BCUT2D eigenvalue weighted by atomic mass is 10.1. The van der Waals surface area contributed by atoms with Gasteiger partial charge >= 0.3 is 0 Å². The summed E-state index contributed by atoms with van der Waals surface area (Å²) in [6.07, 6.45) is 3.41. The predicted octanol–water partition coefficient (Wildman–Crippen LogP) is 1.87. The SMILES string of the molecule is CC1COCCN1C(=O)c1cnc2c(cnn2C(C)C)c1. The van der Waals surface area contributed by atoms with Crippen LogP contribution in [0.3, 0.4) is 0 Å². The third-order valence-corrected chi connectivity index (χ3v) is 3.80. The van der Waals surface area contributed by atoms with Gasteiger partial charge in [0.25, 0.3) is 5.91 Å². The Morgan fingerprint density at radius 2 is 2.24 bits per heavy atom. The van der Waals surface area contributed by atoms with Crippen molar-refractivity contribution in [3.8, 4) is 0 Å². The second-order valence-electron chi connectivity index (χ2n) is 5.74. The Bertz CT molecular complexity index is 665. The lowest BCUT2D eigenvalue weighted by Crippen LogP contribution is -2.47. The minimum atomic E-state index is 0.0116. The molecule has 3 heterocycles. The summed E-state index contributed by atoms with van der Waals surface area (Å²) >= 11 is 0. The zero-order chi connectivity index (χ0) is 15.0. The van der Waals surface area contributed by atoms with Gasteiger partial charge in [-0.25, -0.2) is 9.67 Å². The van der Waals surface area contributed by atoms with Crippen molar-refractivity contribution < 1.29 is 9.53 Å². The average Bonchev–Trinajstić information content (AvgIpc) is 2.90. The van der Waals surface area contributed by atoms with Crippen molar-refractivity contribution in [2.24, 2.45) is 0 Å². The van der Waals surface area contributed by atoms with Crippen LogP contribution in [0.25, 0.3) is 11.0 Å². The summed E-state index contributed by atoms with van der Waals surface area (Å²) in [5.41, 5.74) is 1.43. The predicted molar refractivity (Wildman–Crippen MR) is 79.2 cm³/mol. The van der Waals surface area contributed by atoms with Crippen LogP contribution in [0.1, 0.15) is 37.2 Å². The molecule has 0 aromatic carbocycles. The number of carbonyl (C=O) groups is 1. The van der Waals surface area contributed by atoms with Gasteiger partial charge in [-0.05, 0) is 26.8 Å². The van der Waals surface area contributed by atoms with Gasteiger partial charge in [0.05, 0.1) is 31.0 Å². The average molecular weight is 288 g/mol. The Kier molecular flexibility index (Phi) is 3.63. The van der Waals surface area contributed by atoms with Crippen LogP contribution in [-0.4, -0.2) is 51.4 Å². The quantitative estimate of drug-likeness (QED) is 0.846. The Hall–Kier alpha value is -1.95. The second-order valence-corrected chi connectivity index (χ2v) is 5.74. The molecule has 6 heteroatoms. The van der Waals surface area contributed by atoms with E-state index < -0.39 is 0 Å². The minimum Gasteiger partial charge on any atom is -0.377 e. The highest BCUT2D eigenvalue weighted by molar-refractivity contribution is 5.97. The minimum absolute atomic E-state index is 0.0116. The smallest absolute Gasteiger partial charge is 0.255 e. The van der Waals surface area contributed by atoms with Gasteiger partial charge in [0.15, 0.2) is 5.65 Å². The van der Waals surface area contributed by atoms with Crippen LogP contribution >= 0.6 is 0 Å². The molecule has 0 spiro atoms. The molecule has 0 bridgehead atoms.